The second-order valence-electron chi connectivity index (χ2n) is 43.1. The fourth-order valence-electron chi connectivity index (χ4n) is 23.8. The van der Waals surface area contributed by atoms with E-state index in [2.05, 4.69) is 19.9 Å². The van der Waals surface area contributed by atoms with Gasteiger partial charge in [0.05, 0.1) is 75.9 Å². The van der Waals surface area contributed by atoms with Crippen molar-refractivity contribution in [1.29, 1.82) is 5.26 Å². The van der Waals surface area contributed by atoms with Crippen LogP contribution in [0.5, 0.6) is 0 Å². The van der Waals surface area contributed by atoms with E-state index in [0.29, 0.717) is 95.5 Å². The van der Waals surface area contributed by atoms with Crippen LogP contribution in [0.1, 0.15) is 349 Å². The largest absolute Gasteiger partial charge is 0.468 e. The van der Waals surface area contributed by atoms with E-state index in [1.807, 2.05) is 104 Å². The lowest BCUT2D eigenvalue weighted by atomic mass is 9.50. The molecule has 3 aliphatic heterocycles. The van der Waals surface area contributed by atoms with E-state index >= 15 is 0 Å². The molecule has 684 valence electrons. The van der Waals surface area contributed by atoms with Crippen LogP contribution in [0.15, 0.2) is 0 Å². The maximum Gasteiger partial charge on any atom is 0.327 e. The first kappa shape index (κ1) is 95.0. The molecule has 18 fully saturated rings. The Kier molecular flexibility index (Phi) is 29.3. The molecule has 15 saturated carbocycles. The maximum atomic E-state index is 13.3. The van der Waals surface area contributed by atoms with Crippen LogP contribution in [-0.2, 0) is 114 Å². The van der Waals surface area contributed by atoms with Crippen molar-refractivity contribution in [2.75, 3.05) is 40.5 Å². The number of nitrogens with zero attached hydrogens (tertiary/aromatic N) is 1. The van der Waals surface area contributed by atoms with Crippen molar-refractivity contribution >= 4 is 47.8 Å². The van der Waals surface area contributed by atoms with Crippen molar-refractivity contribution in [3.05, 3.63) is 0 Å². The van der Waals surface area contributed by atoms with Gasteiger partial charge in [-0.1, -0.05) is 79.6 Å². The molecular formula is C96H151NO24. The normalized spacial score (nSPS) is 36.9. The molecule has 0 aromatic rings. The first-order chi connectivity index (χ1) is 57.1. The number of nitriles is 1. The Morgan fingerprint density at radius 1 is 0.496 bits per heavy atom. The van der Waals surface area contributed by atoms with E-state index in [9.17, 15) is 43.6 Å². The molecule has 18 aliphatic rings. The van der Waals surface area contributed by atoms with Crippen LogP contribution in [-0.4, -0.2) is 171 Å². The number of hydrogen-bond donors (Lipinski definition) is 0. The van der Waals surface area contributed by atoms with Gasteiger partial charge in [0.15, 0.2) is 22.9 Å². The summed E-state index contributed by atoms with van der Waals surface area (Å²) < 4.78 is 94.5. The highest BCUT2D eigenvalue weighted by molar-refractivity contribution is 6.03. The van der Waals surface area contributed by atoms with Crippen LogP contribution in [0.4, 0.5) is 0 Å². The van der Waals surface area contributed by atoms with Crippen LogP contribution in [0, 0.1) is 90.7 Å². The van der Waals surface area contributed by atoms with Gasteiger partial charge in [0.1, 0.15) is 61.9 Å². The molecule has 0 radical (unpaired) electrons. The molecule has 16 atom stereocenters. The molecule has 18 rings (SSSR count). The molecule has 25 nitrogen and oxygen atoms in total. The summed E-state index contributed by atoms with van der Waals surface area (Å²) in [5.41, 5.74) is -6.23. The topological polar surface area (TPSA) is 308 Å². The minimum absolute atomic E-state index is 0.0165. The minimum Gasteiger partial charge on any atom is -0.468 e. The van der Waals surface area contributed by atoms with Gasteiger partial charge in [0.25, 0.3) is 0 Å². The van der Waals surface area contributed by atoms with Crippen molar-refractivity contribution in [2.24, 2.45) is 79.3 Å². The van der Waals surface area contributed by atoms with Crippen LogP contribution in [0.2, 0.25) is 0 Å². The highest BCUT2D eigenvalue weighted by Gasteiger charge is 2.76. The number of hydrogen-bond acceptors (Lipinski definition) is 25. The fraction of sp³-hybridized carbons (Fsp3) is 0.906. The standard InChI is InChI=1S/C30H50O6.C20H34O4.C16H22O6.C15H19NO4.C15H26O4/c1-4-27(2,3)26(31)36-30-17-23-15-28(19-30,34-21-32-24-11-7-5-8-12-24)18-29(16-23,20-30)35-22-33-25-13-9-6-10-14-25;1-6-18(4,5)17(21)24-20-11-15-8-16(12-20)10-19(9-15,13-20)23-14(3)22-7-2;1-5-15(2,3)12(17)21-10-8-6-9-11(10)22-14(19)16(9,7-8)13(18)20-4;1-4-14(2,3)12(17)19-10-8-5-9-11(10)20-13(18)15(9,6-8)7-16;1-4-14(2,3)13(16)17-10-12-11-18-15(19-12)8-6-5-7-9-15/h23-25H,4-22H2,1-3H3;14-16H,6-13H2,1-5H3;8-11H,5-7H2,1-4H3;8-11H,4-6H2,1-3H3;12H,4-11H2,1-3H3. The summed E-state index contributed by atoms with van der Waals surface area (Å²) in [6.07, 6.45) is 33.9. The summed E-state index contributed by atoms with van der Waals surface area (Å²) in [6.45, 7) is 35.3. The van der Waals surface area contributed by atoms with Gasteiger partial charge in [-0.05, 0) is 249 Å². The number of methoxy groups -OCH3 is 1. The Morgan fingerprint density at radius 2 is 0.926 bits per heavy atom. The zero-order chi connectivity index (χ0) is 87.8. The van der Waals surface area contributed by atoms with Gasteiger partial charge in [0.2, 0.25) is 0 Å². The number of fused-ring (bicyclic) bond motifs is 2. The van der Waals surface area contributed by atoms with Crippen LogP contribution >= 0.6 is 0 Å². The molecule has 121 heavy (non-hydrogen) atoms. The summed E-state index contributed by atoms with van der Waals surface area (Å²) in [6, 6.07) is 2.15. The number of carbonyl (C=O) groups is 8. The van der Waals surface area contributed by atoms with Crippen LogP contribution in [0.3, 0.4) is 0 Å². The molecule has 3 saturated heterocycles. The third kappa shape index (κ3) is 20.1. The second kappa shape index (κ2) is 37.3. The van der Waals surface area contributed by atoms with Crippen molar-refractivity contribution < 1.29 is 114 Å². The molecule has 12 bridgehead atoms. The second-order valence-corrected chi connectivity index (χ2v) is 43.1. The predicted molar refractivity (Wildman–Crippen MR) is 444 cm³/mol. The van der Waals surface area contributed by atoms with E-state index < -0.39 is 79.7 Å². The number of rotatable bonds is 29. The minimum atomic E-state index is -1.17. The van der Waals surface area contributed by atoms with Gasteiger partial charge >= 0.3 is 47.8 Å². The van der Waals surface area contributed by atoms with Gasteiger partial charge in [-0.25, -0.2) is 0 Å². The maximum absolute atomic E-state index is 13.3. The van der Waals surface area contributed by atoms with Gasteiger partial charge in [-0.2, -0.15) is 5.26 Å². The van der Waals surface area contributed by atoms with E-state index in [4.69, 9.17) is 75.8 Å². The van der Waals surface area contributed by atoms with E-state index in [1.54, 1.807) is 0 Å². The molecule has 0 N–H and O–H groups in total. The number of carbonyl (C=O) groups excluding carboxylic acids is 8. The molecular weight excluding hydrogens is 1550 g/mol. The molecule has 1 spiro atoms. The molecule has 25 heteroatoms. The third-order valence-electron chi connectivity index (χ3n) is 32.2. The fourth-order valence-corrected chi connectivity index (χ4v) is 23.8. The van der Waals surface area contributed by atoms with Crippen molar-refractivity contribution in [3.8, 4) is 6.07 Å². The van der Waals surface area contributed by atoms with Gasteiger partial charge < -0.3 is 75.8 Å². The molecule has 0 aromatic heterocycles. The lowest BCUT2D eigenvalue weighted by Gasteiger charge is -2.64. The lowest BCUT2D eigenvalue weighted by Crippen LogP contribution is -2.68. The Hall–Kier alpha value is -5.07. The van der Waals surface area contributed by atoms with Gasteiger partial charge in [-0.3, -0.25) is 38.4 Å². The number of ether oxygens (including phenoxy) is 16. The summed E-state index contributed by atoms with van der Waals surface area (Å²) in [7, 11) is 1.28. The molecule has 0 aromatic carbocycles. The smallest absolute Gasteiger partial charge is 0.327 e. The molecule has 15 aliphatic carbocycles. The van der Waals surface area contributed by atoms with E-state index in [1.165, 1.54) is 58.5 Å². The first-order valence-corrected chi connectivity index (χ1v) is 47.2. The average molecular weight is 1700 g/mol. The summed E-state index contributed by atoms with van der Waals surface area (Å²) in [5.74, 6) is -1.26. The van der Waals surface area contributed by atoms with Gasteiger partial charge in [0, 0.05) is 68.8 Å². The van der Waals surface area contributed by atoms with Crippen LogP contribution < -0.4 is 0 Å². The summed E-state index contributed by atoms with van der Waals surface area (Å²) in [5, 5.41) is 9.31. The van der Waals surface area contributed by atoms with Crippen LogP contribution in [0.25, 0.3) is 0 Å². The zero-order valence-electron chi connectivity index (χ0n) is 76.9. The van der Waals surface area contributed by atoms with E-state index in [-0.39, 0.29) is 100 Å². The third-order valence-corrected chi connectivity index (χ3v) is 32.2. The first-order valence-electron chi connectivity index (χ1n) is 47.2. The van der Waals surface area contributed by atoms with Crippen molar-refractivity contribution in [3.63, 3.8) is 0 Å². The monoisotopic (exact) mass is 1700 g/mol. The Balaban J connectivity index is 0.000000142. The van der Waals surface area contributed by atoms with Gasteiger partial charge in [-0.15, -0.1) is 0 Å². The quantitative estimate of drug-likeness (QED) is 0.0291. The zero-order valence-corrected chi connectivity index (χ0v) is 76.9. The molecule has 16 unspecified atom stereocenters. The summed E-state index contributed by atoms with van der Waals surface area (Å²) in [4.78, 5) is 98.7. The SMILES string of the molecule is CCC(C)(C)C(=O)OC12CC3CC(OCOC4CCCCC4)(CC(OCOC4CCCCC4)(C3)C1)C2.CCC(C)(C)C(=O)OC1C2CC3C1OC(=O)C3(C#N)C2.CCC(C)(C)C(=O)OC1C2CC3C1OC(=O)C3(C(=O)OC)C2.CCC(C)(C)C(=O)OCC1COC2(CCCCC2)O1.CCOC(C)OC12CC3CC(CC(OC(=O)C(C)(C)CC)(C3)C1)C2. The number of esters is 8. The van der Waals surface area contributed by atoms with Crippen molar-refractivity contribution in [2.45, 2.75) is 432 Å². The van der Waals surface area contributed by atoms with E-state index in [0.717, 1.165) is 148 Å². The Labute approximate surface area is 721 Å². The Bertz CT molecular complexity index is 3630. The summed E-state index contributed by atoms with van der Waals surface area (Å²) >= 11 is 0. The average Bonchev–Trinajstić information content (AvgIpc) is 1.60. The Morgan fingerprint density at radius 3 is 1.43 bits per heavy atom. The lowest BCUT2D eigenvalue weighted by molar-refractivity contribution is -0.314. The highest BCUT2D eigenvalue weighted by atomic mass is 16.8. The molecule has 3 heterocycles. The predicted octanol–water partition coefficient (Wildman–Crippen LogP) is 17.6. The molecule has 0 amide bonds. The highest BCUT2D eigenvalue weighted by Crippen LogP contribution is 2.67. The van der Waals surface area contributed by atoms with Crippen molar-refractivity contribution in [1.82, 2.24) is 0 Å².